The normalized spacial score (nSPS) is 13.2. The summed E-state index contributed by atoms with van der Waals surface area (Å²) in [5.41, 5.74) is 5.64. The largest absolute Gasteiger partial charge is 0.377 e. The summed E-state index contributed by atoms with van der Waals surface area (Å²) in [4.78, 5) is 13.6. The van der Waals surface area contributed by atoms with E-state index in [1.54, 1.807) is 0 Å². The second kappa shape index (κ2) is 14.3. The maximum atomic E-state index is 11.5. The number of carbonyl (C=O) groups excluding carboxylic acids is 1. The molecule has 7 heteroatoms. The molecular formula is C12H29Cl2N3O2. The van der Waals surface area contributed by atoms with Crippen molar-refractivity contribution in [3.05, 3.63) is 0 Å². The number of hydrogen-bond donors (Lipinski definition) is 2. The molecule has 19 heavy (non-hydrogen) atoms. The molecule has 0 saturated carbocycles. The van der Waals surface area contributed by atoms with Crippen molar-refractivity contribution in [3.8, 4) is 0 Å². The van der Waals surface area contributed by atoms with Crippen molar-refractivity contribution in [3.63, 3.8) is 0 Å². The van der Waals surface area contributed by atoms with E-state index in [1.165, 1.54) is 0 Å². The highest BCUT2D eigenvalue weighted by molar-refractivity contribution is 5.85. The Morgan fingerprint density at radius 1 is 1.32 bits per heavy atom. The van der Waals surface area contributed by atoms with Crippen LogP contribution in [0.1, 0.15) is 26.7 Å². The van der Waals surface area contributed by atoms with E-state index in [9.17, 15) is 4.79 Å². The van der Waals surface area contributed by atoms with Crippen LogP contribution in [0.15, 0.2) is 0 Å². The first-order valence-corrected chi connectivity index (χ1v) is 6.30. The number of hydrogen-bond acceptors (Lipinski definition) is 4. The van der Waals surface area contributed by atoms with Gasteiger partial charge in [-0.1, -0.05) is 6.92 Å². The fourth-order valence-electron chi connectivity index (χ4n) is 1.41. The van der Waals surface area contributed by atoms with E-state index in [0.717, 1.165) is 13.0 Å². The van der Waals surface area contributed by atoms with E-state index in [4.69, 9.17) is 10.5 Å². The molecule has 1 amide bonds. The molecule has 3 N–H and O–H groups in total. The Labute approximate surface area is 129 Å². The second-order valence-electron chi connectivity index (χ2n) is 4.43. The molecule has 1 unspecified atom stereocenters. The van der Waals surface area contributed by atoms with E-state index in [-0.39, 0.29) is 36.8 Å². The Bertz CT molecular complexity index is 219. The summed E-state index contributed by atoms with van der Waals surface area (Å²) < 4.78 is 5.57. The van der Waals surface area contributed by atoms with Crippen molar-refractivity contribution in [2.75, 3.05) is 33.8 Å². The van der Waals surface area contributed by atoms with Crippen LogP contribution in [0.2, 0.25) is 0 Å². The van der Waals surface area contributed by atoms with Crippen molar-refractivity contribution in [2.45, 2.75) is 38.8 Å². The first-order valence-electron chi connectivity index (χ1n) is 6.30. The average Bonchev–Trinajstić information content (AvgIpc) is 2.31. The third kappa shape index (κ3) is 12.7. The van der Waals surface area contributed by atoms with E-state index < -0.39 is 6.04 Å². The van der Waals surface area contributed by atoms with Crippen molar-refractivity contribution in [1.82, 2.24) is 10.2 Å². The minimum Gasteiger partial charge on any atom is -0.377 e. The molecule has 0 aromatic heterocycles. The topological polar surface area (TPSA) is 67.6 Å². The van der Waals surface area contributed by atoms with Gasteiger partial charge in [-0.05, 0) is 33.9 Å². The Morgan fingerprint density at radius 2 is 1.89 bits per heavy atom. The first kappa shape index (κ1) is 24.0. The predicted molar refractivity (Wildman–Crippen MR) is 84.4 cm³/mol. The summed E-state index contributed by atoms with van der Waals surface area (Å²) in [6.07, 6.45) is 1.63. The van der Waals surface area contributed by atoms with E-state index in [1.807, 2.05) is 27.9 Å². The Hall–Kier alpha value is -0.0700. The zero-order valence-corrected chi connectivity index (χ0v) is 14.0. The lowest BCUT2D eigenvalue weighted by molar-refractivity contribution is -0.123. The number of nitrogens with zero attached hydrogens (tertiary/aromatic N) is 1. The smallest absolute Gasteiger partial charge is 0.236 e. The maximum Gasteiger partial charge on any atom is 0.236 e. The molecule has 0 fully saturated rings. The van der Waals surface area contributed by atoms with Gasteiger partial charge in [0.15, 0.2) is 0 Å². The number of carbonyl (C=O) groups is 1. The summed E-state index contributed by atoms with van der Waals surface area (Å²) >= 11 is 0. The molecule has 0 spiro atoms. The monoisotopic (exact) mass is 317 g/mol. The molecule has 0 aliphatic rings. The standard InChI is InChI=1S/C12H27N3O2.2ClH/c1-5-11(13)12(16)14-9-10(17-6-2)7-8-15(3)4;;/h10-11H,5-9,13H2,1-4H3,(H,14,16);2*1H/t10?,11-;;/m0../s1. The zero-order chi connectivity index (χ0) is 13.3. The van der Waals surface area contributed by atoms with Crippen LogP contribution in [0.4, 0.5) is 0 Å². The highest BCUT2D eigenvalue weighted by atomic mass is 35.5. The van der Waals surface area contributed by atoms with Gasteiger partial charge in [0.05, 0.1) is 12.1 Å². The van der Waals surface area contributed by atoms with Crippen LogP contribution in [-0.2, 0) is 9.53 Å². The second-order valence-corrected chi connectivity index (χ2v) is 4.43. The summed E-state index contributed by atoms with van der Waals surface area (Å²) in [5.74, 6) is -0.0953. The number of rotatable bonds is 9. The van der Waals surface area contributed by atoms with Gasteiger partial charge in [0.25, 0.3) is 0 Å². The van der Waals surface area contributed by atoms with Gasteiger partial charge in [-0.25, -0.2) is 0 Å². The quantitative estimate of drug-likeness (QED) is 0.667. The van der Waals surface area contributed by atoms with Crippen LogP contribution in [0.25, 0.3) is 0 Å². The van der Waals surface area contributed by atoms with Crippen LogP contribution in [0.5, 0.6) is 0 Å². The minimum atomic E-state index is -0.411. The molecule has 0 aliphatic heterocycles. The van der Waals surface area contributed by atoms with Gasteiger partial charge in [0.2, 0.25) is 5.91 Å². The molecule has 0 aromatic carbocycles. The van der Waals surface area contributed by atoms with Crippen molar-refractivity contribution >= 4 is 30.7 Å². The first-order chi connectivity index (χ1) is 8.01. The molecule has 2 atom stereocenters. The number of halogens is 2. The Balaban J connectivity index is -0.00000128. The molecule has 0 radical (unpaired) electrons. The van der Waals surface area contributed by atoms with E-state index in [0.29, 0.717) is 19.6 Å². The van der Waals surface area contributed by atoms with Gasteiger partial charge in [-0.15, -0.1) is 24.8 Å². The van der Waals surface area contributed by atoms with Crippen molar-refractivity contribution < 1.29 is 9.53 Å². The predicted octanol–water partition coefficient (Wildman–Crippen LogP) is 1.04. The fraction of sp³-hybridized carbons (Fsp3) is 0.917. The van der Waals surface area contributed by atoms with Crippen LogP contribution in [-0.4, -0.2) is 56.7 Å². The molecular weight excluding hydrogens is 289 g/mol. The fourth-order valence-corrected chi connectivity index (χ4v) is 1.41. The van der Waals surface area contributed by atoms with Gasteiger partial charge in [-0.3, -0.25) is 4.79 Å². The van der Waals surface area contributed by atoms with E-state index in [2.05, 4.69) is 10.2 Å². The van der Waals surface area contributed by atoms with Gasteiger partial charge >= 0.3 is 0 Å². The molecule has 118 valence electrons. The van der Waals surface area contributed by atoms with E-state index >= 15 is 0 Å². The number of nitrogens with two attached hydrogens (primary N) is 1. The molecule has 0 saturated heterocycles. The molecule has 0 heterocycles. The van der Waals surface area contributed by atoms with Crippen molar-refractivity contribution in [1.29, 1.82) is 0 Å². The SMILES string of the molecule is CCOC(CCN(C)C)CNC(=O)[C@@H](N)CC.Cl.Cl. The lowest BCUT2D eigenvalue weighted by Crippen LogP contribution is -2.44. The highest BCUT2D eigenvalue weighted by Crippen LogP contribution is 1.99. The van der Waals surface area contributed by atoms with Gasteiger partial charge in [0.1, 0.15) is 0 Å². The van der Waals surface area contributed by atoms with Crippen molar-refractivity contribution in [2.24, 2.45) is 5.73 Å². The summed E-state index contributed by atoms with van der Waals surface area (Å²) in [5, 5.41) is 2.83. The molecule has 0 aromatic rings. The summed E-state index contributed by atoms with van der Waals surface area (Å²) in [6.45, 7) is 6.00. The van der Waals surface area contributed by atoms with Gasteiger partial charge < -0.3 is 20.7 Å². The lowest BCUT2D eigenvalue weighted by atomic mass is 10.2. The number of ether oxygens (including phenoxy) is 1. The maximum absolute atomic E-state index is 11.5. The van der Waals surface area contributed by atoms with Crippen LogP contribution >= 0.6 is 24.8 Å². The minimum absolute atomic E-state index is 0. The number of nitrogens with one attached hydrogen (secondary N) is 1. The highest BCUT2D eigenvalue weighted by Gasteiger charge is 2.14. The summed E-state index contributed by atoms with van der Waals surface area (Å²) in [7, 11) is 4.04. The van der Waals surface area contributed by atoms with Gasteiger partial charge in [-0.2, -0.15) is 0 Å². The van der Waals surface area contributed by atoms with Crippen LogP contribution < -0.4 is 11.1 Å². The molecule has 0 rings (SSSR count). The number of amides is 1. The van der Waals surface area contributed by atoms with Crippen LogP contribution in [0.3, 0.4) is 0 Å². The summed E-state index contributed by atoms with van der Waals surface area (Å²) in [6, 6.07) is -0.411. The third-order valence-corrected chi connectivity index (χ3v) is 2.58. The van der Waals surface area contributed by atoms with Crippen LogP contribution in [0, 0.1) is 0 Å². The van der Waals surface area contributed by atoms with Gasteiger partial charge in [0, 0.05) is 19.7 Å². The Kier molecular flexibility index (Phi) is 18.1. The third-order valence-electron chi connectivity index (χ3n) is 2.58. The zero-order valence-electron chi connectivity index (χ0n) is 12.3. The average molecular weight is 318 g/mol. The lowest BCUT2D eigenvalue weighted by Gasteiger charge is -2.20. The molecule has 0 aliphatic carbocycles. The molecule has 0 bridgehead atoms. The molecule has 5 nitrogen and oxygen atoms in total. The Morgan fingerprint density at radius 3 is 2.32 bits per heavy atom.